The molecule has 1 fully saturated rings. The monoisotopic (exact) mass is 740 g/mol. The van der Waals surface area contributed by atoms with Gasteiger partial charge in [0.15, 0.2) is 6.73 Å². The first-order valence-electron chi connectivity index (χ1n) is 16.3. The van der Waals surface area contributed by atoms with Gasteiger partial charge in [-0.3, -0.25) is 23.4 Å². The first kappa shape index (κ1) is 34.9. The lowest BCUT2D eigenvalue weighted by atomic mass is 9.89. The molecule has 2 aromatic carbocycles. The Labute approximate surface area is 303 Å². The molecule has 0 atom stereocenters. The van der Waals surface area contributed by atoms with Crippen LogP contribution in [0.25, 0.3) is 33.2 Å². The van der Waals surface area contributed by atoms with Gasteiger partial charge < -0.3 is 9.47 Å². The molecule has 5 heterocycles. The molecule has 0 saturated carbocycles. The highest BCUT2D eigenvalue weighted by atomic mass is 35.5. The summed E-state index contributed by atoms with van der Waals surface area (Å²) in [4.78, 5) is 35.9. The third kappa shape index (κ3) is 6.08. The van der Waals surface area contributed by atoms with Crippen LogP contribution in [0.3, 0.4) is 0 Å². The van der Waals surface area contributed by atoms with Crippen LogP contribution in [0.4, 0.5) is 0 Å². The minimum atomic E-state index is -3.39. The van der Waals surface area contributed by atoms with Crippen LogP contribution in [0.5, 0.6) is 5.75 Å². The molecular weight excluding hydrogens is 708 g/mol. The van der Waals surface area contributed by atoms with Crippen molar-refractivity contribution < 1.29 is 27.5 Å². The normalized spacial score (nSPS) is 14.3. The van der Waals surface area contributed by atoms with Crippen molar-refractivity contribution in [3.63, 3.8) is 0 Å². The second-order valence-electron chi connectivity index (χ2n) is 12.6. The number of halogens is 1. The molecule has 0 radical (unpaired) electrons. The number of sulfonamides is 1. The molecular formula is C36H33ClN8O6S. The number of nitrogens with zero attached hydrogens (tertiary/aromatic N) is 8. The predicted octanol–water partition coefficient (Wildman–Crippen LogP) is 4.93. The van der Waals surface area contributed by atoms with E-state index in [-0.39, 0.29) is 44.3 Å². The molecule has 14 nitrogen and oxygen atoms in total. The number of hydrogen-bond acceptors (Lipinski definition) is 10. The lowest BCUT2D eigenvalue weighted by Gasteiger charge is -2.47. The van der Waals surface area contributed by atoms with Crippen LogP contribution in [0, 0.1) is 18.3 Å². The number of carbonyl (C=O) groups excluding carboxylic acids is 2. The summed E-state index contributed by atoms with van der Waals surface area (Å²) in [5, 5.41) is 15.9. The van der Waals surface area contributed by atoms with Crippen molar-refractivity contribution in [3.8, 4) is 23.1 Å². The summed E-state index contributed by atoms with van der Waals surface area (Å²) in [7, 11) is -1.84. The molecule has 266 valence electrons. The third-order valence-corrected chi connectivity index (χ3v) is 11.6. The maximum Gasteiger partial charge on any atom is 0.312 e. The van der Waals surface area contributed by atoms with Crippen molar-refractivity contribution in [2.45, 2.75) is 39.0 Å². The Bertz CT molecular complexity index is 2510. The summed E-state index contributed by atoms with van der Waals surface area (Å²) < 4.78 is 42.2. The van der Waals surface area contributed by atoms with E-state index in [1.807, 2.05) is 6.07 Å². The third-order valence-electron chi connectivity index (χ3n) is 9.53. The zero-order chi connectivity index (χ0) is 36.8. The second-order valence-corrected chi connectivity index (χ2v) is 15.3. The van der Waals surface area contributed by atoms with E-state index in [0.717, 1.165) is 0 Å². The first-order valence-corrected chi connectivity index (χ1v) is 18.3. The summed E-state index contributed by atoms with van der Waals surface area (Å²) in [5.41, 5.74) is 3.29. The molecule has 0 spiro atoms. The molecule has 6 aromatic rings. The van der Waals surface area contributed by atoms with Gasteiger partial charge >= 0.3 is 5.97 Å². The van der Waals surface area contributed by atoms with Gasteiger partial charge in [-0.15, -0.1) is 0 Å². The molecule has 0 aliphatic carbocycles. The van der Waals surface area contributed by atoms with Gasteiger partial charge in [0.25, 0.3) is 5.91 Å². The van der Waals surface area contributed by atoms with E-state index in [4.69, 9.17) is 21.1 Å². The number of ether oxygens (including phenoxy) is 2. The number of methoxy groups -OCH3 is 1. The second kappa shape index (κ2) is 13.5. The molecule has 0 bridgehead atoms. The molecule has 0 N–H and O–H groups in total. The lowest BCUT2D eigenvalue weighted by Crippen LogP contribution is -2.64. The molecule has 0 amide bonds. The van der Waals surface area contributed by atoms with Crippen molar-refractivity contribution in [2.75, 3.05) is 26.0 Å². The molecule has 16 heteroatoms. The fourth-order valence-corrected chi connectivity index (χ4v) is 8.01. The Hall–Kier alpha value is -5.56. The van der Waals surface area contributed by atoms with Gasteiger partial charge in [0.1, 0.15) is 23.3 Å². The summed E-state index contributed by atoms with van der Waals surface area (Å²) in [6.07, 6.45) is 6.52. The predicted molar refractivity (Wildman–Crippen MR) is 192 cm³/mol. The quantitative estimate of drug-likeness (QED) is 0.166. The minimum Gasteiger partial charge on any atom is -0.497 e. The maximum absolute atomic E-state index is 13.7. The Morgan fingerprint density at radius 2 is 1.85 bits per heavy atom. The van der Waals surface area contributed by atoms with E-state index >= 15 is 0 Å². The minimum absolute atomic E-state index is 0.0172. The molecule has 1 aliphatic heterocycles. The molecule has 1 saturated heterocycles. The summed E-state index contributed by atoms with van der Waals surface area (Å²) >= 11 is 6.05. The average Bonchev–Trinajstić information content (AvgIpc) is 3.85. The van der Waals surface area contributed by atoms with Gasteiger partial charge in [-0.25, -0.2) is 18.4 Å². The van der Waals surface area contributed by atoms with Gasteiger partial charge in [0.05, 0.1) is 49.2 Å². The highest BCUT2D eigenvalue weighted by molar-refractivity contribution is 7.89. The molecule has 7 rings (SSSR count). The van der Waals surface area contributed by atoms with Gasteiger partial charge in [0, 0.05) is 58.1 Å². The average molecular weight is 741 g/mol. The number of nitriles is 1. The first-order chi connectivity index (χ1) is 25.0. The lowest BCUT2D eigenvalue weighted by molar-refractivity contribution is -0.146. The molecule has 1 aliphatic rings. The van der Waals surface area contributed by atoms with Gasteiger partial charge in [-0.1, -0.05) is 11.6 Å². The Kier molecular flexibility index (Phi) is 9.07. The van der Waals surface area contributed by atoms with Gasteiger partial charge in [-0.2, -0.15) is 14.7 Å². The number of benzene rings is 2. The van der Waals surface area contributed by atoms with Gasteiger partial charge in [0.2, 0.25) is 10.0 Å². The SMILES string of the molecule is CCS(=O)(=O)N1CC(CC#N)(n2cc(-c3ncnc4c3ccn4COC(=O)Cc3c(C)n(C(=O)c4ccc(Cl)cc4)c4ccc(OC)cc34)cn2)C1. The van der Waals surface area contributed by atoms with Gasteiger partial charge in [-0.05, 0) is 67.9 Å². The van der Waals surface area contributed by atoms with Crippen molar-refractivity contribution >= 4 is 55.4 Å². The van der Waals surface area contributed by atoms with E-state index in [9.17, 15) is 23.3 Å². The number of esters is 1. The van der Waals surface area contributed by atoms with Crippen LogP contribution in [-0.2, 0) is 38.2 Å². The van der Waals surface area contributed by atoms with Crippen molar-refractivity contribution in [1.82, 2.24) is 33.2 Å². The number of aromatic nitrogens is 6. The standard InChI is InChI=1S/C36H33ClN8O6S/c1-4-52(48,49)43-19-36(20-43,12-13-38)44-18-25(17-41-44)33-28-11-14-42(34(28)40-21-39-33)22-51-32(46)16-29-23(2)45(31-10-9-27(50-3)15-30(29)31)35(47)24-5-7-26(37)8-6-24/h5-11,14-15,17-18,21H,4,12,16,19-20,22H2,1-3H3. The Morgan fingerprint density at radius 1 is 1.08 bits per heavy atom. The zero-order valence-corrected chi connectivity index (χ0v) is 30.1. The molecule has 4 aromatic heterocycles. The van der Waals surface area contributed by atoms with Crippen LogP contribution in [-0.4, -0.2) is 79.4 Å². The number of carbonyl (C=O) groups is 2. The fraction of sp³-hybridized carbons (Fsp3) is 0.278. The topological polar surface area (TPSA) is 167 Å². The number of hydrogen-bond donors (Lipinski definition) is 0. The highest BCUT2D eigenvalue weighted by Gasteiger charge is 2.49. The Balaban J connectivity index is 1.11. The summed E-state index contributed by atoms with van der Waals surface area (Å²) in [5.74, 6) is -0.208. The molecule has 52 heavy (non-hydrogen) atoms. The van der Waals surface area contributed by atoms with E-state index in [2.05, 4.69) is 21.1 Å². The summed E-state index contributed by atoms with van der Waals surface area (Å²) in [6, 6.07) is 16.0. The molecule has 0 unspecified atom stereocenters. The number of fused-ring (bicyclic) bond motifs is 2. The van der Waals surface area contributed by atoms with Crippen molar-refractivity contribution in [1.29, 1.82) is 5.26 Å². The van der Waals surface area contributed by atoms with E-state index in [1.165, 1.54) is 10.6 Å². The summed E-state index contributed by atoms with van der Waals surface area (Å²) in [6.45, 7) is 3.57. The van der Waals surface area contributed by atoms with Crippen LogP contribution in [0.2, 0.25) is 5.02 Å². The van der Waals surface area contributed by atoms with Crippen molar-refractivity contribution in [3.05, 3.63) is 95.3 Å². The van der Waals surface area contributed by atoms with Crippen LogP contribution in [0.1, 0.15) is 35.0 Å². The largest absolute Gasteiger partial charge is 0.497 e. The van der Waals surface area contributed by atoms with E-state index in [0.29, 0.717) is 60.8 Å². The van der Waals surface area contributed by atoms with Crippen LogP contribution in [0.15, 0.2) is 73.4 Å². The Morgan fingerprint density at radius 3 is 2.56 bits per heavy atom. The maximum atomic E-state index is 13.7. The van der Waals surface area contributed by atoms with Crippen molar-refractivity contribution in [2.24, 2.45) is 0 Å². The number of rotatable bonds is 11. The van der Waals surface area contributed by atoms with E-state index in [1.54, 1.807) is 95.8 Å². The fourth-order valence-electron chi connectivity index (χ4n) is 6.65. The van der Waals surface area contributed by atoms with Crippen LogP contribution < -0.4 is 4.74 Å². The highest BCUT2D eigenvalue weighted by Crippen LogP contribution is 2.36. The van der Waals surface area contributed by atoms with Crippen LogP contribution >= 0.6 is 11.6 Å². The smallest absolute Gasteiger partial charge is 0.312 e. The van der Waals surface area contributed by atoms with E-state index < -0.39 is 21.5 Å². The zero-order valence-electron chi connectivity index (χ0n) is 28.5.